The molecule has 0 fully saturated rings. The number of aromatic nitrogens is 2. The van der Waals surface area contributed by atoms with Crippen molar-refractivity contribution in [3.8, 4) is 0 Å². The Labute approximate surface area is 125 Å². The molecule has 0 aliphatic rings. The molecule has 1 amide bonds. The molecule has 0 saturated carbocycles. The summed E-state index contributed by atoms with van der Waals surface area (Å²) < 4.78 is 0. The largest absolute Gasteiger partial charge is 0.350 e. The van der Waals surface area contributed by atoms with Gasteiger partial charge in [-0.3, -0.25) is 4.79 Å². The number of nitrogens with one attached hydrogen (secondary N) is 1. The number of hydrogen-bond acceptors (Lipinski definition) is 4. The second kappa shape index (κ2) is 6.95. The van der Waals surface area contributed by atoms with E-state index in [-0.39, 0.29) is 11.9 Å². The quantitative estimate of drug-likeness (QED) is 0.910. The van der Waals surface area contributed by atoms with E-state index in [0.717, 1.165) is 0 Å². The fourth-order valence-electron chi connectivity index (χ4n) is 2.09. The van der Waals surface area contributed by atoms with E-state index in [1.807, 2.05) is 14.1 Å². The van der Waals surface area contributed by atoms with E-state index < -0.39 is 0 Å². The molecule has 1 atom stereocenters. The smallest absolute Gasteiger partial charge is 0.254 e. The van der Waals surface area contributed by atoms with Crippen LogP contribution >= 0.6 is 0 Å². The number of rotatable bonds is 5. The van der Waals surface area contributed by atoms with E-state index in [0.29, 0.717) is 12.1 Å². The summed E-state index contributed by atoms with van der Waals surface area (Å²) in [6, 6.07) is 8.48. The topological polar surface area (TPSA) is 58.1 Å². The molecule has 0 unspecified atom stereocenters. The van der Waals surface area contributed by atoms with Crippen molar-refractivity contribution in [2.45, 2.75) is 13.0 Å². The third-order valence-electron chi connectivity index (χ3n) is 3.36. The number of nitrogens with zero attached hydrogens (tertiary/aromatic N) is 3. The average Bonchev–Trinajstić information content (AvgIpc) is 2.49. The SMILES string of the molecule is Cc1ccc([C@H](CNC(=O)c2cncnc2)N(C)C)cc1. The highest BCUT2D eigenvalue weighted by atomic mass is 16.1. The normalized spacial score (nSPS) is 12.2. The van der Waals surface area contributed by atoms with E-state index >= 15 is 0 Å². The van der Waals surface area contributed by atoms with Crippen LogP contribution in [0.15, 0.2) is 43.0 Å². The number of hydrogen-bond donors (Lipinski definition) is 1. The molecule has 1 aromatic carbocycles. The number of carbonyl (C=O) groups excluding carboxylic acids is 1. The molecule has 5 heteroatoms. The molecule has 0 aliphatic carbocycles. The number of carbonyl (C=O) groups is 1. The van der Waals surface area contributed by atoms with Gasteiger partial charge in [0.1, 0.15) is 6.33 Å². The number of aryl methyl sites for hydroxylation is 1. The summed E-state index contributed by atoms with van der Waals surface area (Å²) in [4.78, 5) is 21.8. The Kier molecular flexibility index (Phi) is 5.00. The van der Waals surface area contributed by atoms with Crippen LogP contribution in [0, 0.1) is 6.92 Å². The summed E-state index contributed by atoms with van der Waals surface area (Å²) in [5.41, 5.74) is 2.87. The van der Waals surface area contributed by atoms with Gasteiger partial charge in [-0.1, -0.05) is 29.8 Å². The van der Waals surface area contributed by atoms with Gasteiger partial charge < -0.3 is 10.2 Å². The molecular formula is C16H20N4O. The van der Waals surface area contributed by atoms with Gasteiger partial charge in [0, 0.05) is 18.9 Å². The van der Waals surface area contributed by atoms with Crippen LogP contribution in [0.4, 0.5) is 0 Å². The molecule has 1 aromatic heterocycles. The standard InChI is InChI=1S/C16H20N4O/c1-12-4-6-13(7-5-12)15(20(2)3)10-19-16(21)14-8-17-11-18-9-14/h4-9,11,15H,10H2,1-3H3,(H,19,21)/t15-/m0/s1. The van der Waals surface area contributed by atoms with Crippen molar-refractivity contribution in [2.24, 2.45) is 0 Å². The second-order valence-electron chi connectivity index (χ2n) is 5.23. The molecule has 5 nitrogen and oxygen atoms in total. The Bertz CT molecular complexity index is 581. The number of benzene rings is 1. The van der Waals surface area contributed by atoms with Crippen molar-refractivity contribution in [2.75, 3.05) is 20.6 Å². The maximum atomic E-state index is 12.0. The molecule has 1 N–H and O–H groups in total. The van der Waals surface area contributed by atoms with Crippen LogP contribution in [0.25, 0.3) is 0 Å². The highest BCUT2D eigenvalue weighted by Crippen LogP contribution is 2.18. The first-order chi connectivity index (χ1) is 10.1. The molecule has 0 spiro atoms. The minimum Gasteiger partial charge on any atom is -0.350 e. The van der Waals surface area contributed by atoms with Crippen molar-refractivity contribution in [3.63, 3.8) is 0 Å². The predicted molar refractivity (Wildman–Crippen MR) is 82.0 cm³/mol. The molecule has 21 heavy (non-hydrogen) atoms. The fourth-order valence-corrected chi connectivity index (χ4v) is 2.09. The van der Waals surface area contributed by atoms with Gasteiger partial charge in [-0.25, -0.2) is 9.97 Å². The lowest BCUT2D eigenvalue weighted by Gasteiger charge is -2.25. The molecule has 0 saturated heterocycles. The first-order valence-corrected chi connectivity index (χ1v) is 6.84. The summed E-state index contributed by atoms with van der Waals surface area (Å²) in [5, 5.41) is 2.93. The lowest BCUT2D eigenvalue weighted by molar-refractivity contribution is 0.0941. The van der Waals surface area contributed by atoms with Crippen LogP contribution in [0.2, 0.25) is 0 Å². The average molecular weight is 284 g/mol. The van der Waals surface area contributed by atoms with Crippen LogP contribution in [0.1, 0.15) is 27.5 Å². The predicted octanol–water partition coefficient (Wildman–Crippen LogP) is 1.82. The second-order valence-corrected chi connectivity index (χ2v) is 5.23. The van der Waals surface area contributed by atoms with Gasteiger partial charge in [0.15, 0.2) is 0 Å². The lowest BCUT2D eigenvalue weighted by Crippen LogP contribution is -2.34. The van der Waals surface area contributed by atoms with Gasteiger partial charge in [0.05, 0.1) is 11.6 Å². The maximum absolute atomic E-state index is 12.0. The zero-order valence-electron chi connectivity index (χ0n) is 12.6. The van der Waals surface area contributed by atoms with Crippen molar-refractivity contribution in [1.29, 1.82) is 0 Å². The highest BCUT2D eigenvalue weighted by molar-refractivity contribution is 5.93. The molecule has 1 heterocycles. The molecule has 2 rings (SSSR count). The van der Waals surface area contributed by atoms with E-state index in [2.05, 4.69) is 51.4 Å². The molecule has 0 bridgehead atoms. The summed E-state index contributed by atoms with van der Waals surface area (Å²) in [6.07, 6.45) is 4.43. The Morgan fingerprint density at radius 3 is 2.38 bits per heavy atom. The third-order valence-corrected chi connectivity index (χ3v) is 3.36. The summed E-state index contributed by atoms with van der Waals surface area (Å²) >= 11 is 0. The molecular weight excluding hydrogens is 264 g/mol. The van der Waals surface area contributed by atoms with Gasteiger partial charge in [0.2, 0.25) is 0 Å². The van der Waals surface area contributed by atoms with Crippen LogP contribution in [-0.4, -0.2) is 41.4 Å². The number of amides is 1. The van der Waals surface area contributed by atoms with Gasteiger partial charge in [-0.05, 0) is 26.6 Å². The maximum Gasteiger partial charge on any atom is 0.254 e. The third kappa shape index (κ3) is 4.10. The van der Waals surface area contributed by atoms with Crippen LogP contribution < -0.4 is 5.32 Å². The summed E-state index contributed by atoms with van der Waals surface area (Å²) in [5.74, 6) is -0.158. The van der Waals surface area contributed by atoms with Crippen molar-refractivity contribution in [3.05, 3.63) is 59.7 Å². The Morgan fingerprint density at radius 2 is 1.81 bits per heavy atom. The Hall–Kier alpha value is -2.27. The first-order valence-electron chi connectivity index (χ1n) is 6.84. The van der Waals surface area contributed by atoms with Gasteiger partial charge >= 0.3 is 0 Å². The van der Waals surface area contributed by atoms with E-state index in [4.69, 9.17) is 0 Å². The molecule has 0 aliphatic heterocycles. The lowest BCUT2D eigenvalue weighted by atomic mass is 10.0. The van der Waals surface area contributed by atoms with Gasteiger partial charge in [-0.15, -0.1) is 0 Å². The highest BCUT2D eigenvalue weighted by Gasteiger charge is 2.15. The summed E-state index contributed by atoms with van der Waals surface area (Å²) in [7, 11) is 4.00. The monoisotopic (exact) mass is 284 g/mol. The van der Waals surface area contributed by atoms with Gasteiger partial charge in [0.25, 0.3) is 5.91 Å². The van der Waals surface area contributed by atoms with E-state index in [1.165, 1.54) is 29.8 Å². The van der Waals surface area contributed by atoms with Crippen molar-refractivity contribution >= 4 is 5.91 Å². The van der Waals surface area contributed by atoms with Gasteiger partial charge in [-0.2, -0.15) is 0 Å². The minimum atomic E-state index is -0.158. The van der Waals surface area contributed by atoms with Crippen LogP contribution in [0.3, 0.4) is 0 Å². The molecule has 2 aromatic rings. The zero-order valence-corrected chi connectivity index (χ0v) is 12.6. The van der Waals surface area contributed by atoms with E-state index in [9.17, 15) is 4.79 Å². The van der Waals surface area contributed by atoms with Crippen LogP contribution in [-0.2, 0) is 0 Å². The number of likely N-dealkylation sites (N-methyl/N-ethyl adjacent to an activating group) is 1. The van der Waals surface area contributed by atoms with Crippen molar-refractivity contribution < 1.29 is 4.79 Å². The Balaban J connectivity index is 2.04. The molecule has 0 radical (unpaired) electrons. The zero-order chi connectivity index (χ0) is 15.2. The fraction of sp³-hybridized carbons (Fsp3) is 0.312. The first kappa shape index (κ1) is 15.1. The van der Waals surface area contributed by atoms with Crippen LogP contribution in [0.5, 0.6) is 0 Å². The Morgan fingerprint density at radius 1 is 1.19 bits per heavy atom. The minimum absolute atomic E-state index is 0.124. The van der Waals surface area contributed by atoms with Crippen molar-refractivity contribution in [1.82, 2.24) is 20.2 Å². The molecule has 110 valence electrons. The van der Waals surface area contributed by atoms with E-state index in [1.54, 1.807) is 0 Å². The summed E-state index contributed by atoms with van der Waals surface area (Å²) in [6.45, 7) is 2.59.